The molecule has 1 atom stereocenters. The summed E-state index contributed by atoms with van der Waals surface area (Å²) < 4.78 is 39.1. The zero-order valence-corrected chi connectivity index (χ0v) is 19.7. The smallest absolute Gasteiger partial charge is 0.242 e. The van der Waals surface area contributed by atoms with Gasteiger partial charge in [0.1, 0.15) is 11.9 Å². The lowest BCUT2D eigenvalue weighted by atomic mass is 10.1. The molecule has 0 aliphatic heterocycles. The van der Waals surface area contributed by atoms with Crippen molar-refractivity contribution in [2.24, 2.45) is 0 Å². The Kier molecular flexibility index (Phi) is 8.77. The summed E-state index contributed by atoms with van der Waals surface area (Å²) in [5, 5.41) is 2.53. The van der Waals surface area contributed by atoms with Crippen molar-refractivity contribution in [2.75, 3.05) is 24.2 Å². The van der Waals surface area contributed by atoms with Crippen molar-refractivity contribution in [2.45, 2.75) is 39.3 Å². The van der Waals surface area contributed by atoms with Crippen molar-refractivity contribution < 1.29 is 22.4 Å². The van der Waals surface area contributed by atoms with Crippen LogP contribution in [0.15, 0.2) is 48.5 Å². The molecule has 2 amide bonds. The van der Waals surface area contributed by atoms with Gasteiger partial charge in [0.25, 0.3) is 0 Å². The molecule has 1 N–H and O–H groups in total. The van der Waals surface area contributed by atoms with Gasteiger partial charge in [-0.1, -0.05) is 29.8 Å². The summed E-state index contributed by atoms with van der Waals surface area (Å²) in [5.74, 6) is -0.997. The van der Waals surface area contributed by atoms with Crippen LogP contribution < -0.4 is 9.62 Å². The predicted molar refractivity (Wildman–Crippen MR) is 123 cm³/mol. The quantitative estimate of drug-likeness (QED) is 0.587. The monoisotopic (exact) mass is 463 g/mol. The van der Waals surface area contributed by atoms with Crippen molar-refractivity contribution in [3.63, 3.8) is 0 Å². The van der Waals surface area contributed by atoms with Crippen LogP contribution in [0.3, 0.4) is 0 Å². The van der Waals surface area contributed by atoms with Crippen LogP contribution in [0.25, 0.3) is 0 Å². The fourth-order valence-corrected chi connectivity index (χ4v) is 4.26. The van der Waals surface area contributed by atoms with Crippen LogP contribution in [0.5, 0.6) is 0 Å². The number of hydrogen-bond acceptors (Lipinski definition) is 4. The first-order valence-electron chi connectivity index (χ1n) is 10.3. The molecular weight excluding hydrogens is 433 g/mol. The fraction of sp³-hybridized carbons (Fsp3) is 0.391. The first-order valence-corrected chi connectivity index (χ1v) is 12.2. The van der Waals surface area contributed by atoms with E-state index in [0.717, 1.165) is 11.8 Å². The average molecular weight is 464 g/mol. The molecule has 0 fully saturated rings. The number of amides is 2. The van der Waals surface area contributed by atoms with E-state index in [1.54, 1.807) is 31.2 Å². The Morgan fingerprint density at radius 2 is 1.66 bits per heavy atom. The van der Waals surface area contributed by atoms with Crippen LogP contribution in [0.4, 0.5) is 10.1 Å². The van der Waals surface area contributed by atoms with Gasteiger partial charge in [0.15, 0.2) is 0 Å². The fourth-order valence-electron chi connectivity index (χ4n) is 3.29. The van der Waals surface area contributed by atoms with Gasteiger partial charge in [-0.25, -0.2) is 12.8 Å². The Bertz CT molecular complexity index is 1020. The van der Waals surface area contributed by atoms with E-state index in [4.69, 9.17) is 0 Å². The summed E-state index contributed by atoms with van der Waals surface area (Å²) in [4.78, 5) is 26.6. The third kappa shape index (κ3) is 7.05. The second-order valence-electron chi connectivity index (χ2n) is 7.71. The average Bonchev–Trinajstić information content (AvgIpc) is 2.75. The number of carbonyl (C=O) groups is 2. The maximum Gasteiger partial charge on any atom is 0.242 e. The van der Waals surface area contributed by atoms with Crippen LogP contribution in [-0.2, 0) is 26.2 Å². The van der Waals surface area contributed by atoms with Crippen molar-refractivity contribution in [3.8, 4) is 0 Å². The zero-order valence-electron chi connectivity index (χ0n) is 18.8. The highest BCUT2D eigenvalue weighted by Crippen LogP contribution is 2.20. The van der Waals surface area contributed by atoms with Crippen molar-refractivity contribution in [3.05, 3.63) is 65.5 Å². The number of benzene rings is 2. The topological polar surface area (TPSA) is 86.8 Å². The first kappa shape index (κ1) is 25.3. The van der Waals surface area contributed by atoms with E-state index in [2.05, 4.69) is 5.32 Å². The Morgan fingerprint density at radius 1 is 1.06 bits per heavy atom. The summed E-state index contributed by atoms with van der Waals surface area (Å²) in [6, 6.07) is 12.1. The number of sulfonamides is 1. The number of carbonyl (C=O) groups excluding carboxylic acids is 2. The summed E-state index contributed by atoms with van der Waals surface area (Å²) in [5.41, 5.74) is 2.23. The van der Waals surface area contributed by atoms with E-state index in [9.17, 15) is 22.4 Å². The molecule has 32 heavy (non-hydrogen) atoms. The van der Waals surface area contributed by atoms with Gasteiger partial charge in [-0.3, -0.25) is 13.9 Å². The van der Waals surface area contributed by atoms with Crippen molar-refractivity contribution in [1.29, 1.82) is 0 Å². The largest absolute Gasteiger partial charge is 0.357 e. The lowest BCUT2D eigenvalue weighted by Crippen LogP contribution is -2.46. The van der Waals surface area contributed by atoms with E-state index in [1.807, 2.05) is 19.1 Å². The highest BCUT2D eigenvalue weighted by molar-refractivity contribution is 7.92. The van der Waals surface area contributed by atoms with Crippen LogP contribution in [0.2, 0.25) is 0 Å². The maximum absolute atomic E-state index is 13.2. The molecule has 7 nitrogen and oxygen atoms in total. The molecule has 2 aromatic rings. The number of aryl methyl sites for hydroxylation is 1. The van der Waals surface area contributed by atoms with Gasteiger partial charge in [-0.05, 0) is 50.1 Å². The second kappa shape index (κ2) is 11.1. The van der Waals surface area contributed by atoms with E-state index in [-0.39, 0.29) is 43.6 Å². The maximum atomic E-state index is 13.2. The number of rotatable bonds is 10. The minimum atomic E-state index is -3.53. The van der Waals surface area contributed by atoms with Gasteiger partial charge >= 0.3 is 0 Å². The molecule has 0 aliphatic carbocycles. The normalized spacial score (nSPS) is 12.2. The summed E-state index contributed by atoms with van der Waals surface area (Å²) in [6.45, 7) is 3.81. The Morgan fingerprint density at radius 3 is 2.19 bits per heavy atom. The van der Waals surface area contributed by atoms with Crippen LogP contribution in [0.1, 0.15) is 30.9 Å². The van der Waals surface area contributed by atoms with Gasteiger partial charge < -0.3 is 10.2 Å². The molecule has 0 saturated heterocycles. The molecule has 9 heteroatoms. The molecule has 0 bridgehead atoms. The number of nitrogens with one attached hydrogen (secondary N) is 1. The molecule has 1 unspecified atom stereocenters. The molecule has 0 spiro atoms. The van der Waals surface area contributed by atoms with Gasteiger partial charge in [-0.15, -0.1) is 0 Å². The highest BCUT2D eigenvalue weighted by atomic mass is 32.2. The zero-order chi connectivity index (χ0) is 23.9. The number of anilines is 1. The minimum absolute atomic E-state index is 0.0560. The minimum Gasteiger partial charge on any atom is -0.357 e. The predicted octanol–water partition coefficient (Wildman–Crippen LogP) is 2.84. The molecule has 0 aromatic heterocycles. The lowest BCUT2D eigenvalue weighted by Gasteiger charge is -2.29. The van der Waals surface area contributed by atoms with Crippen LogP contribution in [0, 0.1) is 12.7 Å². The number of nitrogens with zero attached hydrogens (tertiary/aromatic N) is 2. The molecule has 0 radical (unpaired) electrons. The number of hydrogen-bond donors (Lipinski definition) is 1. The van der Waals surface area contributed by atoms with E-state index < -0.39 is 16.1 Å². The molecule has 0 saturated carbocycles. The van der Waals surface area contributed by atoms with Gasteiger partial charge in [0.05, 0.1) is 11.9 Å². The molecule has 174 valence electrons. The molecule has 0 heterocycles. The van der Waals surface area contributed by atoms with E-state index in [0.29, 0.717) is 11.3 Å². The second-order valence-corrected chi connectivity index (χ2v) is 9.62. The van der Waals surface area contributed by atoms with Gasteiger partial charge in [0.2, 0.25) is 21.8 Å². The molecular formula is C23H30FN3O4S. The number of halogens is 1. The number of likely N-dealkylation sites (N-methyl/N-ethyl adjacent to an activating group) is 1. The third-order valence-corrected chi connectivity index (χ3v) is 6.35. The highest BCUT2D eigenvalue weighted by Gasteiger charge is 2.26. The van der Waals surface area contributed by atoms with Crippen molar-refractivity contribution in [1.82, 2.24) is 10.2 Å². The Balaban J connectivity index is 2.12. The van der Waals surface area contributed by atoms with E-state index >= 15 is 0 Å². The summed E-state index contributed by atoms with van der Waals surface area (Å²) in [6.07, 6.45) is 1.46. The van der Waals surface area contributed by atoms with E-state index in [1.165, 1.54) is 28.4 Å². The van der Waals surface area contributed by atoms with Crippen molar-refractivity contribution >= 4 is 27.5 Å². The molecule has 0 aliphatic rings. The molecule has 2 rings (SSSR count). The van der Waals surface area contributed by atoms with Gasteiger partial charge in [-0.2, -0.15) is 0 Å². The summed E-state index contributed by atoms with van der Waals surface area (Å²) in [7, 11) is -2.04. The summed E-state index contributed by atoms with van der Waals surface area (Å²) >= 11 is 0. The third-order valence-electron chi connectivity index (χ3n) is 5.15. The standard InChI is InChI=1S/C23H30FN3O4S/c1-17-7-13-21(14-8-17)27(32(4,30)31)15-5-6-22(28)26(18(2)23(29)25-3)16-19-9-11-20(24)12-10-19/h7-14,18H,5-6,15-16H2,1-4H3,(H,25,29). The Labute approximate surface area is 189 Å². The van der Waals surface area contributed by atoms with Crippen LogP contribution in [-0.4, -0.2) is 51.0 Å². The van der Waals surface area contributed by atoms with Crippen LogP contribution >= 0.6 is 0 Å². The van der Waals surface area contributed by atoms with Gasteiger partial charge in [0, 0.05) is 26.6 Å². The molecule has 2 aromatic carbocycles. The Hall–Kier alpha value is -2.94. The lowest BCUT2D eigenvalue weighted by molar-refractivity contribution is -0.140. The SMILES string of the molecule is CNC(=O)C(C)N(Cc1ccc(F)cc1)C(=O)CCCN(c1ccc(C)cc1)S(C)(=O)=O. The first-order chi connectivity index (χ1) is 15.0.